The van der Waals surface area contributed by atoms with Crippen molar-refractivity contribution < 1.29 is 0 Å². The van der Waals surface area contributed by atoms with Crippen molar-refractivity contribution in [2.75, 3.05) is 0 Å². The lowest BCUT2D eigenvalue weighted by atomic mass is 10.1. The average molecular weight is 296 g/mol. The Labute approximate surface area is 135 Å². The molecule has 0 spiro atoms. The molecule has 0 amide bonds. The van der Waals surface area contributed by atoms with Gasteiger partial charge in [0.15, 0.2) is 5.82 Å². The molecule has 0 aliphatic carbocycles. The molecule has 0 saturated carbocycles. The summed E-state index contributed by atoms with van der Waals surface area (Å²) in [5, 5.41) is 1.08. The van der Waals surface area contributed by atoms with E-state index in [1.807, 2.05) is 36.4 Å². The van der Waals surface area contributed by atoms with Crippen molar-refractivity contribution in [3.05, 3.63) is 84.4 Å². The molecular weight excluding hydrogens is 280 g/mol. The van der Waals surface area contributed by atoms with Gasteiger partial charge in [-0.3, -0.25) is 0 Å². The molecule has 0 radical (unpaired) electrons. The SMILES string of the molecule is Cc1ccc(-c2nc(-c3ccccc3)c3ccccc3n2)cc1. The van der Waals surface area contributed by atoms with E-state index in [1.165, 1.54) is 5.56 Å². The molecule has 0 fully saturated rings. The summed E-state index contributed by atoms with van der Waals surface area (Å²) in [5.41, 5.74) is 5.33. The number of aryl methyl sites for hydroxylation is 1. The first-order chi connectivity index (χ1) is 11.3. The first-order valence-electron chi connectivity index (χ1n) is 7.70. The Balaban J connectivity index is 1.99. The topological polar surface area (TPSA) is 25.8 Å². The molecule has 0 atom stereocenters. The largest absolute Gasteiger partial charge is 0.228 e. The van der Waals surface area contributed by atoms with Gasteiger partial charge in [-0.1, -0.05) is 78.4 Å². The second-order valence-electron chi connectivity index (χ2n) is 5.65. The second kappa shape index (κ2) is 5.65. The monoisotopic (exact) mass is 296 g/mol. The molecule has 1 heterocycles. The van der Waals surface area contributed by atoms with E-state index in [9.17, 15) is 0 Å². The van der Waals surface area contributed by atoms with Crippen LogP contribution in [0.2, 0.25) is 0 Å². The Bertz CT molecular complexity index is 958. The van der Waals surface area contributed by atoms with E-state index >= 15 is 0 Å². The van der Waals surface area contributed by atoms with Gasteiger partial charge in [0.25, 0.3) is 0 Å². The first-order valence-corrected chi connectivity index (χ1v) is 7.70. The van der Waals surface area contributed by atoms with Gasteiger partial charge >= 0.3 is 0 Å². The fourth-order valence-corrected chi connectivity index (χ4v) is 2.72. The van der Waals surface area contributed by atoms with Crippen LogP contribution in [0, 0.1) is 6.92 Å². The normalized spacial score (nSPS) is 10.8. The van der Waals surface area contributed by atoms with Crippen molar-refractivity contribution in [1.82, 2.24) is 9.97 Å². The Morgan fingerprint density at radius 2 is 1.30 bits per heavy atom. The minimum Gasteiger partial charge on any atom is -0.228 e. The molecule has 0 bridgehead atoms. The van der Waals surface area contributed by atoms with Crippen molar-refractivity contribution in [3.63, 3.8) is 0 Å². The molecule has 2 nitrogen and oxygen atoms in total. The quantitative estimate of drug-likeness (QED) is 0.503. The van der Waals surface area contributed by atoms with Gasteiger partial charge < -0.3 is 0 Å². The predicted molar refractivity (Wildman–Crippen MR) is 95.1 cm³/mol. The van der Waals surface area contributed by atoms with Crippen molar-refractivity contribution in [2.24, 2.45) is 0 Å². The van der Waals surface area contributed by atoms with E-state index in [4.69, 9.17) is 9.97 Å². The van der Waals surface area contributed by atoms with Crippen LogP contribution in [-0.2, 0) is 0 Å². The van der Waals surface area contributed by atoms with Gasteiger partial charge in [0.2, 0.25) is 0 Å². The highest BCUT2D eigenvalue weighted by atomic mass is 14.9. The summed E-state index contributed by atoms with van der Waals surface area (Å²) < 4.78 is 0. The van der Waals surface area contributed by atoms with Crippen LogP contribution in [0.15, 0.2) is 78.9 Å². The van der Waals surface area contributed by atoms with E-state index in [1.54, 1.807) is 0 Å². The molecule has 3 aromatic carbocycles. The summed E-state index contributed by atoms with van der Waals surface area (Å²) in [4.78, 5) is 9.61. The van der Waals surface area contributed by atoms with Crippen LogP contribution < -0.4 is 0 Å². The maximum Gasteiger partial charge on any atom is 0.160 e. The molecule has 0 unspecified atom stereocenters. The summed E-state index contributed by atoms with van der Waals surface area (Å²) >= 11 is 0. The van der Waals surface area contributed by atoms with Gasteiger partial charge in [-0.05, 0) is 13.0 Å². The van der Waals surface area contributed by atoms with Crippen molar-refractivity contribution in [1.29, 1.82) is 0 Å². The van der Waals surface area contributed by atoms with E-state index in [2.05, 4.69) is 49.4 Å². The Morgan fingerprint density at radius 3 is 2.09 bits per heavy atom. The predicted octanol–water partition coefficient (Wildman–Crippen LogP) is 5.27. The summed E-state index contributed by atoms with van der Waals surface area (Å²) in [6.07, 6.45) is 0. The average Bonchev–Trinajstić information content (AvgIpc) is 2.62. The zero-order valence-electron chi connectivity index (χ0n) is 12.9. The van der Waals surface area contributed by atoms with Crippen LogP contribution in [0.3, 0.4) is 0 Å². The lowest BCUT2D eigenvalue weighted by molar-refractivity contribution is 1.23. The maximum atomic E-state index is 4.86. The molecule has 1 aromatic heterocycles. The number of fused-ring (bicyclic) bond motifs is 1. The summed E-state index contributed by atoms with van der Waals surface area (Å²) in [5.74, 6) is 0.766. The lowest BCUT2D eigenvalue weighted by Gasteiger charge is -2.09. The minimum atomic E-state index is 0.766. The number of rotatable bonds is 2. The molecule has 4 aromatic rings. The van der Waals surface area contributed by atoms with Crippen LogP contribution in [0.1, 0.15) is 5.56 Å². The number of hydrogen-bond acceptors (Lipinski definition) is 2. The van der Waals surface area contributed by atoms with Crippen molar-refractivity contribution in [3.8, 4) is 22.6 Å². The van der Waals surface area contributed by atoms with E-state index in [0.29, 0.717) is 0 Å². The Kier molecular flexibility index (Phi) is 3.35. The molecule has 0 saturated heterocycles. The summed E-state index contributed by atoms with van der Waals surface area (Å²) in [6, 6.07) is 26.8. The van der Waals surface area contributed by atoms with Gasteiger partial charge in [-0.2, -0.15) is 0 Å². The highest BCUT2D eigenvalue weighted by Crippen LogP contribution is 2.28. The standard InChI is InChI=1S/C21H16N2/c1-15-11-13-17(14-12-15)21-22-19-10-6-5-9-18(19)20(23-21)16-7-3-2-4-8-16/h2-14H,1H3. The van der Waals surface area contributed by atoms with E-state index in [0.717, 1.165) is 33.5 Å². The molecule has 0 aliphatic heterocycles. The zero-order chi connectivity index (χ0) is 15.6. The number of hydrogen-bond donors (Lipinski definition) is 0. The van der Waals surface area contributed by atoms with Crippen molar-refractivity contribution >= 4 is 10.9 Å². The smallest absolute Gasteiger partial charge is 0.160 e. The third kappa shape index (κ3) is 2.59. The molecule has 23 heavy (non-hydrogen) atoms. The molecule has 0 aliphatic rings. The van der Waals surface area contributed by atoms with Gasteiger partial charge in [-0.25, -0.2) is 9.97 Å². The lowest BCUT2D eigenvalue weighted by Crippen LogP contribution is -1.95. The molecule has 0 N–H and O–H groups in total. The fourth-order valence-electron chi connectivity index (χ4n) is 2.72. The number of aromatic nitrogens is 2. The Hall–Kier alpha value is -3.00. The van der Waals surface area contributed by atoms with E-state index < -0.39 is 0 Å². The van der Waals surface area contributed by atoms with Crippen LogP contribution in [-0.4, -0.2) is 9.97 Å². The maximum absolute atomic E-state index is 4.86. The Morgan fingerprint density at radius 1 is 0.609 bits per heavy atom. The molecular formula is C21H16N2. The van der Waals surface area contributed by atoms with Crippen LogP contribution in [0.25, 0.3) is 33.5 Å². The van der Waals surface area contributed by atoms with Crippen LogP contribution >= 0.6 is 0 Å². The minimum absolute atomic E-state index is 0.766. The third-order valence-corrected chi connectivity index (χ3v) is 3.96. The van der Waals surface area contributed by atoms with Gasteiger partial charge in [0.05, 0.1) is 11.2 Å². The third-order valence-electron chi connectivity index (χ3n) is 3.96. The zero-order valence-corrected chi connectivity index (χ0v) is 12.9. The molecule has 4 rings (SSSR count). The van der Waals surface area contributed by atoms with Crippen LogP contribution in [0.5, 0.6) is 0 Å². The first kappa shape index (κ1) is 13.6. The number of para-hydroxylation sites is 1. The fraction of sp³-hybridized carbons (Fsp3) is 0.0476. The van der Waals surface area contributed by atoms with Crippen molar-refractivity contribution in [2.45, 2.75) is 6.92 Å². The number of nitrogens with zero attached hydrogens (tertiary/aromatic N) is 2. The number of benzene rings is 3. The molecule has 2 heteroatoms. The summed E-state index contributed by atoms with van der Waals surface area (Å²) in [6.45, 7) is 2.08. The highest BCUT2D eigenvalue weighted by Gasteiger charge is 2.10. The van der Waals surface area contributed by atoms with Gasteiger partial charge in [-0.15, -0.1) is 0 Å². The summed E-state index contributed by atoms with van der Waals surface area (Å²) in [7, 11) is 0. The van der Waals surface area contributed by atoms with Crippen LogP contribution in [0.4, 0.5) is 0 Å². The van der Waals surface area contributed by atoms with Gasteiger partial charge in [0, 0.05) is 16.5 Å². The molecule has 110 valence electrons. The second-order valence-corrected chi connectivity index (χ2v) is 5.65. The van der Waals surface area contributed by atoms with E-state index in [-0.39, 0.29) is 0 Å². The highest BCUT2D eigenvalue weighted by molar-refractivity contribution is 5.93. The van der Waals surface area contributed by atoms with Gasteiger partial charge in [0.1, 0.15) is 0 Å².